The van der Waals surface area contributed by atoms with Gasteiger partial charge in [-0.05, 0) is 37.5 Å². The standard InChI is InChI=1S/C27H41N5O4S/c1-6-11-12-13-14-20(8-3)32-19-28-24-26(32)29-25(30-27(24)33)22-18-21(15-16-23(22)35-17-7-2)37(34)36-31(9-4)10-5/h15-16,18-20H,6-14,17H2,1-5H3,(H,29,30,33). The molecule has 10 heteroatoms. The van der Waals surface area contributed by atoms with Crippen LogP contribution in [0.2, 0.25) is 0 Å². The first-order valence-corrected chi connectivity index (χ1v) is 14.6. The van der Waals surface area contributed by atoms with E-state index in [0.717, 1.165) is 25.7 Å². The molecule has 9 nitrogen and oxygen atoms in total. The summed E-state index contributed by atoms with van der Waals surface area (Å²) in [5, 5.41) is 1.63. The van der Waals surface area contributed by atoms with Crippen molar-refractivity contribution in [3.05, 3.63) is 34.9 Å². The van der Waals surface area contributed by atoms with Gasteiger partial charge < -0.3 is 14.3 Å². The maximum absolute atomic E-state index is 13.1. The van der Waals surface area contributed by atoms with Crippen molar-refractivity contribution in [2.24, 2.45) is 0 Å². The Morgan fingerprint density at radius 2 is 1.86 bits per heavy atom. The predicted octanol–water partition coefficient (Wildman–Crippen LogP) is 5.79. The van der Waals surface area contributed by atoms with Crippen molar-refractivity contribution in [1.82, 2.24) is 24.6 Å². The number of nitrogens with zero attached hydrogens (tertiary/aromatic N) is 4. The molecule has 0 spiro atoms. The molecular formula is C27H41N5O4S. The Morgan fingerprint density at radius 1 is 1.08 bits per heavy atom. The van der Waals surface area contributed by atoms with E-state index < -0.39 is 11.1 Å². The number of benzene rings is 1. The highest BCUT2D eigenvalue weighted by atomic mass is 32.2. The molecule has 0 bridgehead atoms. The van der Waals surface area contributed by atoms with E-state index in [9.17, 15) is 9.00 Å². The molecule has 37 heavy (non-hydrogen) atoms. The number of hydrogen-bond donors (Lipinski definition) is 1. The Hall–Kier alpha value is -2.56. The molecule has 2 aromatic heterocycles. The van der Waals surface area contributed by atoms with Gasteiger partial charge in [-0.25, -0.2) is 14.2 Å². The highest BCUT2D eigenvalue weighted by molar-refractivity contribution is 7.80. The van der Waals surface area contributed by atoms with Gasteiger partial charge in [0, 0.05) is 19.1 Å². The van der Waals surface area contributed by atoms with Gasteiger partial charge in [0.05, 0.1) is 23.4 Å². The summed E-state index contributed by atoms with van der Waals surface area (Å²) < 4.78 is 26.6. The van der Waals surface area contributed by atoms with E-state index in [4.69, 9.17) is 14.0 Å². The third-order valence-electron chi connectivity index (χ3n) is 6.43. The molecule has 1 N–H and O–H groups in total. The lowest BCUT2D eigenvalue weighted by Crippen LogP contribution is -2.24. The van der Waals surface area contributed by atoms with E-state index >= 15 is 0 Å². The lowest BCUT2D eigenvalue weighted by Gasteiger charge is -2.18. The van der Waals surface area contributed by atoms with Crippen LogP contribution < -0.4 is 10.3 Å². The first-order valence-electron chi connectivity index (χ1n) is 13.6. The van der Waals surface area contributed by atoms with Crippen molar-refractivity contribution in [3.8, 4) is 17.1 Å². The van der Waals surface area contributed by atoms with E-state index in [1.807, 2.05) is 25.3 Å². The zero-order chi connectivity index (χ0) is 26.8. The van der Waals surface area contributed by atoms with Gasteiger partial charge in [0.25, 0.3) is 5.56 Å². The van der Waals surface area contributed by atoms with Gasteiger partial charge in [0.15, 0.2) is 11.2 Å². The van der Waals surface area contributed by atoms with Crippen LogP contribution in [0.15, 0.2) is 34.2 Å². The second kappa shape index (κ2) is 14.4. The molecule has 0 aliphatic carbocycles. The smallest absolute Gasteiger partial charge is 0.279 e. The van der Waals surface area contributed by atoms with E-state index in [1.165, 1.54) is 19.3 Å². The normalized spacial score (nSPS) is 13.4. The molecular weight excluding hydrogens is 490 g/mol. The van der Waals surface area contributed by atoms with Crippen molar-refractivity contribution in [3.63, 3.8) is 0 Å². The summed E-state index contributed by atoms with van der Waals surface area (Å²) in [6, 6.07) is 5.41. The van der Waals surface area contributed by atoms with Gasteiger partial charge in [-0.2, -0.15) is 9.35 Å². The van der Waals surface area contributed by atoms with Crippen LogP contribution in [-0.2, 0) is 15.4 Å². The molecule has 1 aromatic carbocycles. The Balaban J connectivity index is 2.05. The predicted molar refractivity (Wildman–Crippen MR) is 148 cm³/mol. The van der Waals surface area contributed by atoms with Crippen molar-refractivity contribution >= 4 is 22.2 Å². The maximum atomic E-state index is 13.1. The van der Waals surface area contributed by atoms with Gasteiger partial charge in [-0.1, -0.05) is 60.3 Å². The fourth-order valence-electron chi connectivity index (χ4n) is 4.27. The molecule has 2 unspecified atom stereocenters. The average molecular weight is 532 g/mol. The Morgan fingerprint density at radius 3 is 2.54 bits per heavy atom. The number of nitrogens with one attached hydrogen (secondary N) is 1. The van der Waals surface area contributed by atoms with Crippen LogP contribution in [0.25, 0.3) is 22.6 Å². The highest BCUT2D eigenvalue weighted by Gasteiger charge is 2.20. The lowest BCUT2D eigenvalue weighted by molar-refractivity contribution is -0.0343. The minimum atomic E-state index is -1.72. The van der Waals surface area contributed by atoms with Crippen molar-refractivity contribution < 1.29 is 13.2 Å². The molecule has 0 aliphatic rings. The number of rotatable bonds is 16. The SMILES string of the molecule is CCCCCCC(CC)n1cnc2c(=O)[nH]c(-c3cc(S(=O)ON(CC)CC)ccc3OCCC)nc21. The lowest BCUT2D eigenvalue weighted by atomic mass is 10.1. The number of aromatic nitrogens is 4. The van der Waals surface area contributed by atoms with E-state index in [2.05, 4.69) is 23.8 Å². The van der Waals surface area contributed by atoms with Gasteiger partial charge in [-0.15, -0.1) is 0 Å². The van der Waals surface area contributed by atoms with E-state index in [1.54, 1.807) is 29.6 Å². The molecule has 2 atom stereocenters. The molecule has 204 valence electrons. The first-order chi connectivity index (χ1) is 18.0. The molecule has 0 saturated heterocycles. The van der Waals surface area contributed by atoms with Gasteiger partial charge >= 0.3 is 0 Å². The Bertz CT molecular complexity index is 1220. The van der Waals surface area contributed by atoms with Crippen molar-refractivity contribution in [2.45, 2.75) is 90.5 Å². The van der Waals surface area contributed by atoms with Crippen LogP contribution in [-0.4, -0.2) is 48.5 Å². The summed E-state index contributed by atoms with van der Waals surface area (Å²) in [7, 11) is 0. The maximum Gasteiger partial charge on any atom is 0.279 e. The zero-order valence-electron chi connectivity index (χ0n) is 22.8. The molecule has 0 saturated carbocycles. The molecule has 0 fully saturated rings. The monoisotopic (exact) mass is 531 g/mol. The number of aromatic amines is 1. The van der Waals surface area contributed by atoms with Gasteiger partial charge in [0.1, 0.15) is 11.6 Å². The quantitative estimate of drug-likeness (QED) is 0.184. The van der Waals surface area contributed by atoms with Crippen LogP contribution in [0.3, 0.4) is 0 Å². The van der Waals surface area contributed by atoms with Crippen molar-refractivity contribution in [2.75, 3.05) is 19.7 Å². The molecule has 2 heterocycles. The van der Waals surface area contributed by atoms with Gasteiger partial charge in [-0.3, -0.25) is 4.79 Å². The summed E-state index contributed by atoms with van der Waals surface area (Å²) >= 11 is -1.72. The number of fused-ring (bicyclic) bond motifs is 1. The third-order valence-corrected chi connectivity index (χ3v) is 7.41. The molecule has 0 radical (unpaired) electrons. The highest BCUT2D eigenvalue weighted by Crippen LogP contribution is 2.31. The second-order valence-electron chi connectivity index (χ2n) is 9.08. The fourth-order valence-corrected chi connectivity index (χ4v) is 5.15. The van der Waals surface area contributed by atoms with Crippen molar-refractivity contribution in [1.29, 1.82) is 0 Å². The largest absolute Gasteiger partial charge is 0.493 e. The Kier molecular flexibility index (Phi) is 11.3. The van der Waals surface area contributed by atoms with Crippen LogP contribution in [0.1, 0.15) is 85.6 Å². The minimum absolute atomic E-state index is 0.209. The number of H-pyrrole nitrogens is 1. The zero-order valence-corrected chi connectivity index (χ0v) is 23.6. The number of ether oxygens (including phenoxy) is 1. The number of hydrogen-bond acceptors (Lipinski definition) is 7. The molecule has 0 aliphatic heterocycles. The van der Waals surface area contributed by atoms with E-state index in [0.29, 0.717) is 52.9 Å². The fraction of sp³-hybridized carbons (Fsp3) is 0.593. The van der Waals surface area contributed by atoms with Crippen LogP contribution in [0.4, 0.5) is 0 Å². The summed E-state index contributed by atoms with van der Waals surface area (Å²) in [6.07, 6.45) is 9.20. The summed E-state index contributed by atoms with van der Waals surface area (Å²) in [4.78, 5) is 25.6. The van der Waals surface area contributed by atoms with Crippen LogP contribution >= 0.6 is 0 Å². The van der Waals surface area contributed by atoms with Gasteiger partial charge in [0.2, 0.25) is 11.1 Å². The minimum Gasteiger partial charge on any atom is -0.493 e. The van der Waals surface area contributed by atoms with E-state index in [-0.39, 0.29) is 11.6 Å². The number of hydroxylamine groups is 2. The topological polar surface area (TPSA) is 102 Å². The summed E-state index contributed by atoms with van der Waals surface area (Å²) in [5.41, 5.74) is 1.11. The summed E-state index contributed by atoms with van der Waals surface area (Å²) in [5.74, 6) is 0.915. The van der Waals surface area contributed by atoms with Crippen LogP contribution in [0.5, 0.6) is 5.75 Å². The number of imidazole rings is 1. The second-order valence-corrected chi connectivity index (χ2v) is 10.2. The Labute approximate surface area is 222 Å². The first kappa shape index (κ1) is 29.0. The number of unbranched alkanes of at least 4 members (excludes halogenated alkanes) is 3. The third kappa shape index (κ3) is 7.27. The molecule has 3 aromatic rings. The summed E-state index contributed by atoms with van der Waals surface area (Å²) in [6.45, 7) is 12.0. The molecule has 3 rings (SSSR count). The average Bonchev–Trinajstić information content (AvgIpc) is 3.34. The molecule has 0 amide bonds. The van der Waals surface area contributed by atoms with Crippen LogP contribution in [0, 0.1) is 0 Å².